The van der Waals surface area contributed by atoms with Gasteiger partial charge >= 0.3 is 12.4 Å². The van der Waals surface area contributed by atoms with Crippen molar-refractivity contribution in [3.63, 3.8) is 0 Å². The molecule has 1 aliphatic rings. The lowest BCUT2D eigenvalue weighted by atomic mass is 10.0. The number of hydrogen-bond acceptors (Lipinski definition) is 0. The van der Waals surface area contributed by atoms with E-state index in [2.05, 4.69) is 0 Å². The van der Waals surface area contributed by atoms with Crippen LogP contribution in [0, 0.1) is 0 Å². The van der Waals surface area contributed by atoms with Gasteiger partial charge in [-0.15, -0.1) is 0 Å². The number of rotatable bonds is 3. The lowest BCUT2D eigenvalue weighted by molar-refractivity contribution is -0.595. The van der Waals surface area contributed by atoms with E-state index in [4.69, 9.17) is 0 Å². The number of aromatic nitrogens is 2. The predicted octanol–water partition coefficient (Wildman–Crippen LogP) is 6.44. The Hall–Kier alpha value is -3.29. The van der Waals surface area contributed by atoms with Crippen LogP contribution in [0.15, 0.2) is 91.1 Å². The van der Waals surface area contributed by atoms with Crippen LogP contribution >= 0.6 is 0 Å². The molecule has 160 valence electrons. The minimum absolute atomic E-state index is 0.194. The fraction of sp³-hybridized carbons (Fsp3) is 0.174. The first-order valence-electron chi connectivity index (χ1n) is 9.44. The molecule has 2 heterocycles. The molecule has 0 saturated carbocycles. The zero-order chi connectivity index (χ0) is 22.2. The van der Waals surface area contributed by atoms with Crippen molar-refractivity contribution in [2.45, 2.75) is 24.8 Å². The normalized spacial score (nSPS) is 17.0. The maximum Gasteiger partial charge on any atom is 0.416 e. The second kappa shape index (κ2) is 7.76. The molecule has 1 aliphatic carbocycles. The maximum absolute atomic E-state index is 12.7. The van der Waals surface area contributed by atoms with Crippen LogP contribution in [0.4, 0.5) is 26.3 Å². The molecule has 2 aromatic heterocycles. The average Bonchev–Trinajstić information content (AvgIpc) is 3.23. The molecular formula is C23H17F6N2+. The molecule has 0 bridgehead atoms. The Kier molecular flexibility index (Phi) is 5.24. The molecule has 0 fully saturated rings. The monoisotopic (exact) mass is 435 g/mol. The summed E-state index contributed by atoms with van der Waals surface area (Å²) < 4.78 is 79.9. The van der Waals surface area contributed by atoms with Gasteiger partial charge in [-0.1, -0.05) is 18.2 Å². The average molecular weight is 435 g/mol. The van der Waals surface area contributed by atoms with Gasteiger partial charge in [0.05, 0.1) is 17.2 Å². The summed E-state index contributed by atoms with van der Waals surface area (Å²) >= 11 is 0. The molecule has 1 unspecified atom stereocenters. The SMILES string of the molecule is FC(F)(F)C1=CCC(n2ccc(-c3cc[n+](-c4ccc(C(F)(F)F)cc4)cc3)c2)C=C1. The molecule has 0 aliphatic heterocycles. The van der Waals surface area contributed by atoms with Crippen molar-refractivity contribution in [2.24, 2.45) is 0 Å². The van der Waals surface area contributed by atoms with Gasteiger partial charge in [0.25, 0.3) is 0 Å². The lowest BCUT2D eigenvalue weighted by Gasteiger charge is -2.19. The number of allylic oxidation sites excluding steroid dienone is 4. The smallest absolute Gasteiger partial charge is 0.347 e. The van der Waals surface area contributed by atoms with Crippen molar-refractivity contribution in [1.29, 1.82) is 0 Å². The predicted molar refractivity (Wildman–Crippen MR) is 103 cm³/mol. The van der Waals surface area contributed by atoms with Crippen LogP contribution < -0.4 is 4.57 Å². The number of nitrogens with zero attached hydrogens (tertiary/aromatic N) is 2. The second-order valence-corrected chi connectivity index (χ2v) is 7.21. The van der Waals surface area contributed by atoms with E-state index < -0.39 is 23.5 Å². The summed E-state index contributed by atoms with van der Waals surface area (Å²) in [6.07, 6.45) is 2.53. The van der Waals surface area contributed by atoms with Crippen LogP contribution in [0.1, 0.15) is 18.0 Å². The van der Waals surface area contributed by atoms with Gasteiger partial charge in [-0.25, -0.2) is 0 Å². The molecule has 2 nitrogen and oxygen atoms in total. The van der Waals surface area contributed by atoms with Crippen molar-refractivity contribution in [3.8, 4) is 16.8 Å². The zero-order valence-corrected chi connectivity index (χ0v) is 16.0. The van der Waals surface area contributed by atoms with Gasteiger partial charge in [-0.05, 0) is 35.7 Å². The van der Waals surface area contributed by atoms with Gasteiger partial charge in [0.1, 0.15) is 0 Å². The van der Waals surface area contributed by atoms with Crippen LogP contribution in [0.3, 0.4) is 0 Å². The molecule has 3 aromatic rings. The molecule has 4 rings (SSSR count). The topological polar surface area (TPSA) is 8.81 Å². The van der Waals surface area contributed by atoms with Gasteiger partial charge in [0.15, 0.2) is 12.4 Å². The summed E-state index contributed by atoms with van der Waals surface area (Å²) in [7, 11) is 0. The van der Waals surface area contributed by atoms with Crippen LogP contribution in [0.25, 0.3) is 16.8 Å². The third-order valence-electron chi connectivity index (χ3n) is 5.16. The van der Waals surface area contributed by atoms with E-state index in [9.17, 15) is 26.3 Å². The Morgan fingerprint density at radius 2 is 1.48 bits per heavy atom. The first kappa shape index (κ1) is 21.0. The highest BCUT2D eigenvalue weighted by Gasteiger charge is 2.33. The fourth-order valence-corrected chi connectivity index (χ4v) is 3.44. The van der Waals surface area contributed by atoms with Crippen molar-refractivity contribution >= 4 is 0 Å². The van der Waals surface area contributed by atoms with Crippen LogP contribution in [0.2, 0.25) is 0 Å². The Bertz CT molecular complexity index is 1120. The number of halogens is 6. The van der Waals surface area contributed by atoms with Gasteiger partial charge < -0.3 is 4.57 Å². The molecule has 0 radical (unpaired) electrons. The van der Waals surface area contributed by atoms with E-state index >= 15 is 0 Å². The molecule has 31 heavy (non-hydrogen) atoms. The van der Waals surface area contributed by atoms with E-state index in [0.29, 0.717) is 5.69 Å². The molecule has 1 atom stereocenters. The third-order valence-corrected chi connectivity index (χ3v) is 5.16. The summed E-state index contributed by atoms with van der Waals surface area (Å²) in [5.74, 6) is 0. The third kappa shape index (κ3) is 4.57. The summed E-state index contributed by atoms with van der Waals surface area (Å²) in [6, 6.07) is 10.2. The van der Waals surface area contributed by atoms with E-state index in [-0.39, 0.29) is 12.5 Å². The van der Waals surface area contributed by atoms with Crippen molar-refractivity contribution in [2.75, 3.05) is 0 Å². The standard InChI is InChI=1S/C23H17F6N2/c24-22(25,26)18-1-5-20(6-2-18)30-12-9-16(10-13-30)17-11-14-31(15-17)21-7-3-19(4-8-21)23(27,28)29/h1-7,9-15,21H,8H2/q+1. The highest BCUT2D eigenvalue weighted by Crippen LogP contribution is 2.33. The fourth-order valence-electron chi connectivity index (χ4n) is 3.44. The molecule has 1 aromatic carbocycles. The minimum atomic E-state index is -4.38. The Morgan fingerprint density at radius 1 is 0.806 bits per heavy atom. The van der Waals surface area contributed by atoms with E-state index in [1.807, 2.05) is 35.2 Å². The van der Waals surface area contributed by atoms with Gasteiger partial charge in [-0.2, -0.15) is 30.9 Å². The molecule has 0 saturated heterocycles. The summed E-state index contributed by atoms with van der Waals surface area (Å²) in [5, 5.41) is 0. The maximum atomic E-state index is 12.7. The highest BCUT2D eigenvalue weighted by atomic mass is 19.4. The number of pyridine rings is 1. The van der Waals surface area contributed by atoms with Crippen molar-refractivity contribution in [1.82, 2.24) is 4.57 Å². The van der Waals surface area contributed by atoms with Crippen LogP contribution in [-0.2, 0) is 6.18 Å². The Labute approximate surface area is 174 Å². The largest absolute Gasteiger partial charge is 0.416 e. The molecule has 0 N–H and O–H groups in total. The highest BCUT2D eigenvalue weighted by molar-refractivity contribution is 5.61. The molecule has 0 spiro atoms. The molecule has 0 amide bonds. The second-order valence-electron chi connectivity index (χ2n) is 7.21. The number of benzene rings is 1. The van der Waals surface area contributed by atoms with Gasteiger partial charge in [0, 0.05) is 36.7 Å². The first-order valence-corrected chi connectivity index (χ1v) is 9.44. The van der Waals surface area contributed by atoms with Crippen LogP contribution in [-0.4, -0.2) is 10.7 Å². The van der Waals surface area contributed by atoms with E-state index in [1.54, 1.807) is 17.0 Å². The number of hydrogen-bond donors (Lipinski definition) is 0. The molecular weight excluding hydrogens is 418 g/mol. The quantitative estimate of drug-likeness (QED) is 0.331. The van der Waals surface area contributed by atoms with Crippen LogP contribution in [0.5, 0.6) is 0 Å². The number of alkyl halides is 6. The molecule has 8 heteroatoms. The first-order chi connectivity index (χ1) is 14.6. The summed E-state index contributed by atoms with van der Waals surface area (Å²) in [5.41, 5.74) is 1.03. The van der Waals surface area contributed by atoms with Gasteiger partial charge in [0.2, 0.25) is 5.69 Å². The van der Waals surface area contributed by atoms with Gasteiger partial charge in [-0.3, -0.25) is 0 Å². The van der Waals surface area contributed by atoms with Crippen molar-refractivity contribution < 1.29 is 30.9 Å². The Balaban J connectivity index is 1.48. The summed E-state index contributed by atoms with van der Waals surface area (Å²) in [4.78, 5) is 0. The zero-order valence-electron chi connectivity index (χ0n) is 16.0. The Morgan fingerprint density at radius 3 is 2.03 bits per heavy atom. The van der Waals surface area contributed by atoms with E-state index in [1.165, 1.54) is 24.3 Å². The van der Waals surface area contributed by atoms with Crippen molar-refractivity contribution in [3.05, 3.63) is 96.6 Å². The minimum Gasteiger partial charge on any atom is -0.347 e. The lowest BCUT2D eigenvalue weighted by Crippen LogP contribution is -2.29. The summed E-state index contributed by atoms with van der Waals surface area (Å²) in [6.45, 7) is 0. The van der Waals surface area contributed by atoms with E-state index in [0.717, 1.165) is 29.3 Å².